The van der Waals surface area contributed by atoms with Crippen molar-refractivity contribution in [2.75, 3.05) is 5.32 Å². The zero-order chi connectivity index (χ0) is 15.4. The molecule has 3 rings (SSSR count). The molecule has 22 heavy (non-hydrogen) atoms. The van der Waals surface area contributed by atoms with Gasteiger partial charge in [0, 0.05) is 11.3 Å². The number of benzene rings is 2. The summed E-state index contributed by atoms with van der Waals surface area (Å²) in [5.74, 6) is 0.243. The first-order valence-electron chi connectivity index (χ1n) is 7.18. The molecule has 0 spiro atoms. The molecule has 0 unspecified atom stereocenters. The van der Waals surface area contributed by atoms with Gasteiger partial charge in [0.2, 0.25) is 0 Å². The third-order valence-corrected chi connectivity index (χ3v) is 3.47. The van der Waals surface area contributed by atoms with Crippen molar-refractivity contribution in [3.05, 3.63) is 71.9 Å². The largest absolute Gasteiger partial charge is 0.355 e. The average molecular weight is 292 g/mol. The summed E-state index contributed by atoms with van der Waals surface area (Å²) in [5, 5.41) is 6.62. The number of carbonyl (C=O) groups is 1. The van der Waals surface area contributed by atoms with E-state index in [2.05, 4.69) is 17.4 Å². The number of nitrogens with zero attached hydrogens (tertiary/aromatic N) is 1. The van der Waals surface area contributed by atoms with Crippen LogP contribution in [0.5, 0.6) is 0 Å². The summed E-state index contributed by atoms with van der Waals surface area (Å²) in [6.45, 7) is 2.09. The molecule has 0 aliphatic heterocycles. The van der Waals surface area contributed by atoms with Gasteiger partial charge >= 0.3 is 0 Å². The standard InChI is InChI=1S/C18H16N2O2/c1-2-13-8-10-15(11-9-13)20-18(21)16-12-19-22-17(16)14-6-4-3-5-7-14/h3-12H,2H2,1H3,(H,20,21). The highest BCUT2D eigenvalue weighted by molar-refractivity contribution is 6.07. The lowest BCUT2D eigenvalue weighted by atomic mass is 10.1. The van der Waals surface area contributed by atoms with E-state index in [9.17, 15) is 4.79 Å². The van der Waals surface area contributed by atoms with Gasteiger partial charge in [-0.2, -0.15) is 0 Å². The lowest BCUT2D eigenvalue weighted by molar-refractivity contribution is 0.102. The number of hydrogen-bond donors (Lipinski definition) is 1. The summed E-state index contributed by atoms with van der Waals surface area (Å²) in [5.41, 5.74) is 3.23. The molecule has 4 nitrogen and oxygen atoms in total. The van der Waals surface area contributed by atoms with Gasteiger partial charge in [-0.15, -0.1) is 0 Å². The molecule has 0 bridgehead atoms. The second-order valence-electron chi connectivity index (χ2n) is 4.94. The van der Waals surface area contributed by atoms with Crippen molar-refractivity contribution in [3.8, 4) is 11.3 Å². The van der Waals surface area contributed by atoms with Crippen LogP contribution in [0, 0.1) is 0 Å². The van der Waals surface area contributed by atoms with E-state index in [1.807, 2.05) is 54.6 Å². The first-order valence-corrected chi connectivity index (χ1v) is 7.18. The molecule has 110 valence electrons. The predicted octanol–water partition coefficient (Wildman–Crippen LogP) is 4.16. The minimum absolute atomic E-state index is 0.232. The van der Waals surface area contributed by atoms with E-state index >= 15 is 0 Å². The summed E-state index contributed by atoms with van der Waals surface area (Å²) in [6.07, 6.45) is 2.41. The molecule has 2 aromatic carbocycles. The number of carbonyl (C=O) groups excluding carboxylic acids is 1. The van der Waals surface area contributed by atoms with Gasteiger partial charge in [-0.05, 0) is 24.1 Å². The molecule has 3 aromatic rings. The molecular formula is C18H16N2O2. The zero-order valence-corrected chi connectivity index (χ0v) is 12.2. The fourth-order valence-corrected chi connectivity index (χ4v) is 2.22. The number of hydrogen-bond acceptors (Lipinski definition) is 3. The van der Waals surface area contributed by atoms with Crippen LogP contribution < -0.4 is 5.32 Å². The molecule has 0 radical (unpaired) electrons. The summed E-state index contributed by atoms with van der Waals surface area (Å²) in [6, 6.07) is 17.3. The Bertz CT molecular complexity index is 761. The Labute approximate surface area is 128 Å². The summed E-state index contributed by atoms with van der Waals surface area (Å²) < 4.78 is 5.24. The maximum atomic E-state index is 12.4. The van der Waals surface area contributed by atoms with Gasteiger partial charge in [-0.1, -0.05) is 54.5 Å². The summed E-state index contributed by atoms with van der Waals surface area (Å²) >= 11 is 0. The Morgan fingerprint density at radius 3 is 2.50 bits per heavy atom. The number of aryl methyl sites for hydroxylation is 1. The molecular weight excluding hydrogens is 276 g/mol. The van der Waals surface area contributed by atoms with Crippen molar-refractivity contribution in [1.29, 1.82) is 0 Å². The van der Waals surface area contributed by atoms with Crippen molar-refractivity contribution in [2.45, 2.75) is 13.3 Å². The summed E-state index contributed by atoms with van der Waals surface area (Å²) in [4.78, 5) is 12.4. The smallest absolute Gasteiger partial charge is 0.261 e. The van der Waals surface area contributed by atoms with Crippen molar-refractivity contribution in [1.82, 2.24) is 5.16 Å². The molecule has 0 fully saturated rings. The molecule has 1 amide bonds. The molecule has 0 aliphatic carbocycles. The first-order chi connectivity index (χ1) is 10.8. The van der Waals surface area contributed by atoms with Gasteiger partial charge in [-0.3, -0.25) is 4.79 Å². The van der Waals surface area contributed by atoms with Crippen LogP contribution in [0.1, 0.15) is 22.8 Å². The van der Waals surface area contributed by atoms with Gasteiger partial charge in [0.05, 0.1) is 6.20 Å². The second kappa shape index (κ2) is 6.26. The van der Waals surface area contributed by atoms with E-state index in [1.54, 1.807) is 0 Å². The van der Waals surface area contributed by atoms with Crippen molar-refractivity contribution in [2.24, 2.45) is 0 Å². The highest BCUT2D eigenvalue weighted by Crippen LogP contribution is 2.24. The van der Waals surface area contributed by atoms with Crippen LogP contribution in [0.3, 0.4) is 0 Å². The Morgan fingerprint density at radius 2 is 1.82 bits per heavy atom. The molecule has 4 heteroatoms. The SMILES string of the molecule is CCc1ccc(NC(=O)c2cnoc2-c2ccccc2)cc1. The molecule has 0 saturated carbocycles. The molecule has 1 heterocycles. The van der Waals surface area contributed by atoms with Crippen LogP contribution >= 0.6 is 0 Å². The number of amides is 1. The van der Waals surface area contributed by atoms with E-state index < -0.39 is 0 Å². The van der Waals surface area contributed by atoms with Gasteiger partial charge in [0.15, 0.2) is 5.76 Å². The van der Waals surface area contributed by atoms with E-state index in [0.717, 1.165) is 17.7 Å². The Balaban J connectivity index is 1.82. The third kappa shape index (κ3) is 2.91. The Hall–Kier alpha value is -2.88. The monoisotopic (exact) mass is 292 g/mol. The van der Waals surface area contributed by atoms with Crippen molar-refractivity contribution < 1.29 is 9.32 Å². The number of anilines is 1. The maximum absolute atomic E-state index is 12.4. The van der Waals surface area contributed by atoms with Crippen LogP contribution in [0.4, 0.5) is 5.69 Å². The fraction of sp³-hybridized carbons (Fsp3) is 0.111. The number of nitrogens with one attached hydrogen (secondary N) is 1. The molecule has 1 aromatic heterocycles. The fourth-order valence-electron chi connectivity index (χ4n) is 2.22. The predicted molar refractivity (Wildman–Crippen MR) is 85.7 cm³/mol. The van der Waals surface area contributed by atoms with Crippen LogP contribution in [0.15, 0.2) is 65.3 Å². The van der Waals surface area contributed by atoms with Crippen molar-refractivity contribution >= 4 is 11.6 Å². The third-order valence-electron chi connectivity index (χ3n) is 3.47. The lowest BCUT2D eigenvalue weighted by Gasteiger charge is -2.05. The van der Waals surface area contributed by atoms with Gasteiger partial charge in [0.25, 0.3) is 5.91 Å². The quantitative estimate of drug-likeness (QED) is 0.785. The van der Waals surface area contributed by atoms with E-state index in [4.69, 9.17) is 4.52 Å². The normalized spacial score (nSPS) is 10.4. The number of aromatic nitrogens is 1. The molecule has 1 N–H and O–H groups in total. The molecule has 0 atom stereocenters. The van der Waals surface area contributed by atoms with Gasteiger partial charge < -0.3 is 9.84 Å². The van der Waals surface area contributed by atoms with Gasteiger partial charge in [-0.25, -0.2) is 0 Å². The van der Waals surface area contributed by atoms with E-state index in [0.29, 0.717) is 11.3 Å². The summed E-state index contributed by atoms with van der Waals surface area (Å²) in [7, 11) is 0. The van der Waals surface area contributed by atoms with Crippen LogP contribution in [-0.4, -0.2) is 11.1 Å². The minimum Gasteiger partial charge on any atom is -0.355 e. The van der Waals surface area contributed by atoms with Gasteiger partial charge in [0.1, 0.15) is 5.56 Å². The van der Waals surface area contributed by atoms with Crippen molar-refractivity contribution in [3.63, 3.8) is 0 Å². The Kier molecular flexibility index (Phi) is 4.01. The van der Waals surface area contributed by atoms with Crippen LogP contribution in [-0.2, 0) is 6.42 Å². The van der Waals surface area contributed by atoms with E-state index in [1.165, 1.54) is 11.8 Å². The lowest BCUT2D eigenvalue weighted by Crippen LogP contribution is -2.12. The Morgan fingerprint density at radius 1 is 1.09 bits per heavy atom. The highest BCUT2D eigenvalue weighted by Gasteiger charge is 2.17. The minimum atomic E-state index is -0.232. The van der Waals surface area contributed by atoms with Crippen LogP contribution in [0.2, 0.25) is 0 Å². The second-order valence-corrected chi connectivity index (χ2v) is 4.94. The molecule has 0 saturated heterocycles. The maximum Gasteiger partial charge on any atom is 0.261 e. The topological polar surface area (TPSA) is 55.1 Å². The molecule has 0 aliphatic rings. The zero-order valence-electron chi connectivity index (χ0n) is 12.2. The average Bonchev–Trinajstić information content (AvgIpc) is 3.06. The first kappa shape index (κ1) is 14.1. The number of rotatable bonds is 4. The van der Waals surface area contributed by atoms with E-state index in [-0.39, 0.29) is 5.91 Å². The van der Waals surface area contributed by atoms with Crippen LogP contribution in [0.25, 0.3) is 11.3 Å². The highest BCUT2D eigenvalue weighted by atomic mass is 16.5.